The highest BCUT2D eigenvalue weighted by Gasteiger charge is 2.59. The summed E-state index contributed by atoms with van der Waals surface area (Å²) in [6, 6.07) is 0. The Morgan fingerprint density at radius 2 is 1.47 bits per heavy atom. The van der Waals surface area contributed by atoms with Gasteiger partial charge in [-0.3, -0.25) is 0 Å². The van der Waals surface area contributed by atoms with Gasteiger partial charge < -0.3 is 0 Å². The van der Waals surface area contributed by atoms with Crippen molar-refractivity contribution in [3.05, 3.63) is 0 Å². The van der Waals surface area contributed by atoms with Crippen molar-refractivity contribution in [3.8, 4) is 0 Å². The van der Waals surface area contributed by atoms with Crippen LogP contribution < -0.4 is 0 Å². The smallest absolute Gasteiger partial charge is 0.0259 e. The zero-order chi connectivity index (χ0) is 12.3. The fourth-order valence-corrected chi connectivity index (χ4v) is 6.44. The molecule has 0 heterocycles. The van der Waals surface area contributed by atoms with Crippen molar-refractivity contribution in [3.63, 3.8) is 0 Å². The number of hydrogen-bond donors (Lipinski definition) is 0. The Labute approximate surface area is 108 Å². The molecule has 17 heavy (non-hydrogen) atoms. The fourth-order valence-electron chi connectivity index (χ4n) is 6.44. The van der Waals surface area contributed by atoms with Gasteiger partial charge in [-0.25, -0.2) is 0 Å². The monoisotopic (exact) mass is 234 g/mol. The number of rotatable bonds is 0. The van der Waals surface area contributed by atoms with Gasteiger partial charge in [0, 0.05) is 0 Å². The van der Waals surface area contributed by atoms with Crippen molar-refractivity contribution in [2.75, 3.05) is 0 Å². The second-order valence-corrected chi connectivity index (χ2v) is 8.54. The summed E-state index contributed by atoms with van der Waals surface area (Å²) in [6.45, 7) is 10.4. The maximum Gasteiger partial charge on any atom is -0.0259 e. The summed E-state index contributed by atoms with van der Waals surface area (Å²) >= 11 is 0. The summed E-state index contributed by atoms with van der Waals surface area (Å²) in [5.74, 6) is 2.04. The van der Waals surface area contributed by atoms with Crippen LogP contribution in [0.5, 0.6) is 0 Å². The van der Waals surface area contributed by atoms with E-state index in [1.165, 1.54) is 51.4 Å². The van der Waals surface area contributed by atoms with E-state index in [9.17, 15) is 0 Å². The summed E-state index contributed by atoms with van der Waals surface area (Å²) in [5.41, 5.74) is 1.99. The molecule has 0 aliphatic heterocycles. The zero-order valence-corrected chi connectivity index (χ0v) is 12.3. The van der Waals surface area contributed by atoms with Gasteiger partial charge in [-0.15, -0.1) is 0 Å². The van der Waals surface area contributed by atoms with Crippen molar-refractivity contribution in [2.24, 2.45) is 28.1 Å². The third kappa shape index (κ3) is 1.55. The average Bonchev–Trinajstić information content (AvgIpc) is 2.60. The Morgan fingerprint density at radius 1 is 0.706 bits per heavy atom. The lowest BCUT2D eigenvalue weighted by atomic mass is 9.44. The molecule has 0 bridgehead atoms. The molecule has 3 aliphatic rings. The molecule has 0 radical (unpaired) electrons. The lowest BCUT2D eigenvalue weighted by Crippen LogP contribution is -2.53. The van der Waals surface area contributed by atoms with Crippen LogP contribution in [0.25, 0.3) is 0 Å². The first kappa shape index (κ1) is 12.1. The molecule has 3 fully saturated rings. The molecule has 0 nitrogen and oxygen atoms in total. The van der Waals surface area contributed by atoms with E-state index >= 15 is 0 Å². The number of fused-ring (bicyclic) bond motifs is 3. The van der Waals surface area contributed by atoms with Gasteiger partial charge in [0.05, 0.1) is 0 Å². The van der Waals surface area contributed by atoms with Gasteiger partial charge >= 0.3 is 0 Å². The van der Waals surface area contributed by atoms with E-state index in [1.54, 1.807) is 0 Å². The molecule has 0 aromatic rings. The highest BCUT2D eigenvalue weighted by atomic mass is 14.6. The molecule has 3 saturated carbocycles. The predicted octanol–water partition coefficient (Wildman–Crippen LogP) is 5.42. The maximum absolute atomic E-state index is 2.66. The molecule has 0 N–H and O–H groups in total. The van der Waals surface area contributed by atoms with Crippen molar-refractivity contribution in [1.29, 1.82) is 0 Å². The quantitative estimate of drug-likeness (QED) is 0.525. The Kier molecular flexibility index (Phi) is 2.49. The minimum Gasteiger partial charge on any atom is -0.0596 e. The fraction of sp³-hybridized carbons (Fsp3) is 1.00. The van der Waals surface area contributed by atoms with Crippen LogP contribution in [0.3, 0.4) is 0 Å². The second kappa shape index (κ2) is 3.52. The SMILES string of the molecule is CC1(C)CCC[C@]2(C)[C@@H]3CCC[C@]3(C)CC[C@@H]12. The van der Waals surface area contributed by atoms with Gasteiger partial charge in [-0.2, -0.15) is 0 Å². The molecule has 0 aromatic heterocycles. The summed E-state index contributed by atoms with van der Waals surface area (Å²) in [5, 5.41) is 0. The van der Waals surface area contributed by atoms with Crippen LogP contribution in [-0.2, 0) is 0 Å². The molecular weight excluding hydrogens is 204 g/mol. The highest BCUT2D eigenvalue weighted by Crippen LogP contribution is 2.68. The van der Waals surface area contributed by atoms with Gasteiger partial charge in [0.1, 0.15) is 0 Å². The van der Waals surface area contributed by atoms with E-state index in [2.05, 4.69) is 27.7 Å². The Hall–Kier alpha value is 0. The third-order valence-corrected chi connectivity index (χ3v) is 7.16. The molecule has 3 aliphatic carbocycles. The summed E-state index contributed by atoms with van der Waals surface area (Å²) < 4.78 is 0. The third-order valence-electron chi connectivity index (χ3n) is 7.16. The van der Waals surface area contributed by atoms with E-state index in [1.807, 2.05) is 0 Å². The summed E-state index contributed by atoms with van der Waals surface area (Å²) in [6.07, 6.45) is 12.0. The molecule has 98 valence electrons. The topological polar surface area (TPSA) is 0 Å². The molecule has 3 rings (SSSR count). The van der Waals surface area contributed by atoms with Gasteiger partial charge in [-0.05, 0) is 66.6 Å². The Bertz CT molecular complexity index is 312. The lowest BCUT2D eigenvalue weighted by molar-refractivity contribution is -0.116. The van der Waals surface area contributed by atoms with Gasteiger partial charge in [-0.1, -0.05) is 40.5 Å². The maximum atomic E-state index is 2.66. The molecular formula is C17H30. The molecule has 0 saturated heterocycles. The van der Waals surface area contributed by atoms with Crippen molar-refractivity contribution < 1.29 is 0 Å². The van der Waals surface area contributed by atoms with Crippen LogP contribution in [0, 0.1) is 28.1 Å². The molecule has 0 heteroatoms. The Balaban J connectivity index is 1.98. The van der Waals surface area contributed by atoms with Crippen LogP contribution in [0.1, 0.15) is 79.1 Å². The van der Waals surface area contributed by atoms with E-state index in [0.29, 0.717) is 16.2 Å². The van der Waals surface area contributed by atoms with Crippen LogP contribution >= 0.6 is 0 Å². The number of hydrogen-bond acceptors (Lipinski definition) is 0. The van der Waals surface area contributed by atoms with Crippen LogP contribution in [0.4, 0.5) is 0 Å². The van der Waals surface area contributed by atoms with E-state index in [-0.39, 0.29) is 0 Å². The van der Waals surface area contributed by atoms with E-state index < -0.39 is 0 Å². The van der Waals surface area contributed by atoms with Gasteiger partial charge in [0.15, 0.2) is 0 Å². The van der Waals surface area contributed by atoms with Gasteiger partial charge in [0.25, 0.3) is 0 Å². The molecule has 4 atom stereocenters. The average molecular weight is 234 g/mol. The Morgan fingerprint density at radius 3 is 2.24 bits per heavy atom. The zero-order valence-electron chi connectivity index (χ0n) is 12.3. The van der Waals surface area contributed by atoms with Crippen LogP contribution in [-0.4, -0.2) is 0 Å². The van der Waals surface area contributed by atoms with Crippen molar-refractivity contribution in [1.82, 2.24) is 0 Å². The van der Waals surface area contributed by atoms with Gasteiger partial charge in [0.2, 0.25) is 0 Å². The largest absolute Gasteiger partial charge is 0.0596 e. The van der Waals surface area contributed by atoms with Crippen molar-refractivity contribution in [2.45, 2.75) is 79.1 Å². The minimum absolute atomic E-state index is 0.608. The first-order chi connectivity index (χ1) is 7.89. The molecule has 0 unspecified atom stereocenters. The van der Waals surface area contributed by atoms with Crippen LogP contribution in [0.2, 0.25) is 0 Å². The minimum atomic E-state index is 0.608. The summed E-state index contributed by atoms with van der Waals surface area (Å²) in [4.78, 5) is 0. The highest BCUT2D eigenvalue weighted by molar-refractivity contribution is 5.08. The molecule has 0 aromatic carbocycles. The predicted molar refractivity (Wildman–Crippen MR) is 73.9 cm³/mol. The normalized spacial score (nSPS) is 52.9. The first-order valence-electron chi connectivity index (χ1n) is 7.89. The lowest BCUT2D eigenvalue weighted by Gasteiger charge is -2.61. The first-order valence-corrected chi connectivity index (χ1v) is 7.89. The van der Waals surface area contributed by atoms with E-state index in [0.717, 1.165) is 11.8 Å². The van der Waals surface area contributed by atoms with Crippen molar-refractivity contribution >= 4 is 0 Å². The van der Waals surface area contributed by atoms with E-state index in [4.69, 9.17) is 0 Å². The second-order valence-electron chi connectivity index (χ2n) is 8.54. The van der Waals surface area contributed by atoms with Crippen LogP contribution in [0.15, 0.2) is 0 Å². The molecule has 0 spiro atoms. The summed E-state index contributed by atoms with van der Waals surface area (Å²) in [7, 11) is 0. The standard InChI is InChI=1S/C17H30/c1-15(2)9-6-11-17(4)13(15)8-12-16(3)10-5-7-14(16)17/h13-14H,5-12H2,1-4H3/t13-,14+,16+,17-/m0/s1. The molecule has 0 amide bonds.